The van der Waals surface area contributed by atoms with Crippen LogP contribution in [0.5, 0.6) is 0 Å². The Hall–Kier alpha value is -1.14. The van der Waals surface area contributed by atoms with Crippen LogP contribution in [0.1, 0.15) is 17.5 Å². The van der Waals surface area contributed by atoms with Gasteiger partial charge < -0.3 is 15.5 Å². The molecule has 1 fully saturated rings. The Morgan fingerprint density at radius 2 is 2.06 bits per heavy atom. The van der Waals surface area contributed by atoms with Crippen LogP contribution in [0, 0.1) is 12.3 Å². The minimum Gasteiger partial charge on any atom is -0.383 e. The number of nitrogens with zero attached hydrogens (tertiary/aromatic N) is 3. The molecule has 1 aliphatic rings. The smallest absolute Gasteiger partial charge is 0.186 e. The topological polar surface area (TPSA) is 69.2 Å². The van der Waals surface area contributed by atoms with Crippen LogP contribution in [0.25, 0.3) is 0 Å². The Bertz CT molecular complexity index is 406. The van der Waals surface area contributed by atoms with E-state index in [1.54, 1.807) is 0 Å². The molecule has 17 heavy (non-hydrogen) atoms. The van der Waals surface area contributed by atoms with Crippen LogP contribution in [0.4, 0.5) is 5.13 Å². The van der Waals surface area contributed by atoms with Gasteiger partial charge in [-0.3, -0.25) is 5.41 Å². The number of nitrogens with two attached hydrogens (primary N) is 1. The first kappa shape index (κ1) is 12.3. The highest BCUT2D eigenvalue weighted by Gasteiger charge is 2.20. The van der Waals surface area contributed by atoms with Gasteiger partial charge >= 0.3 is 0 Å². The average molecular weight is 253 g/mol. The van der Waals surface area contributed by atoms with Gasteiger partial charge in [-0.2, -0.15) is 0 Å². The van der Waals surface area contributed by atoms with E-state index in [-0.39, 0.29) is 5.84 Å². The van der Waals surface area contributed by atoms with E-state index in [0.717, 1.165) is 48.4 Å². The molecule has 0 atom stereocenters. The van der Waals surface area contributed by atoms with Gasteiger partial charge in [0.25, 0.3) is 0 Å². The third kappa shape index (κ3) is 2.58. The molecule has 1 aliphatic heterocycles. The Morgan fingerprint density at radius 1 is 1.41 bits per heavy atom. The number of anilines is 1. The van der Waals surface area contributed by atoms with Gasteiger partial charge in [0.05, 0.1) is 10.6 Å². The number of rotatable bonds is 3. The van der Waals surface area contributed by atoms with Crippen LogP contribution in [-0.4, -0.2) is 48.4 Å². The lowest BCUT2D eigenvalue weighted by molar-refractivity contribution is 0.271. The van der Waals surface area contributed by atoms with E-state index in [1.165, 1.54) is 11.3 Å². The lowest BCUT2D eigenvalue weighted by atomic mass is 10.3. The molecule has 2 heterocycles. The minimum atomic E-state index is 0.124. The summed E-state index contributed by atoms with van der Waals surface area (Å²) in [5.41, 5.74) is 6.40. The zero-order valence-corrected chi connectivity index (χ0v) is 11.2. The Labute approximate surface area is 106 Å². The maximum Gasteiger partial charge on any atom is 0.186 e. The Kier molecular flexibility index (Phi) is 3.63. The molecule has 2 rings (SSSR count). The number of aromatic nitrogens is 1. The first-order valence-corrected chi connectivity index (χ1v) is 6.72. The van der Waals surface area contributed by atoms with Gasteiger partial charge in [0.2, 0.25) is 0 Å². The lowest BCUT2D eigenvalue weighted by Crippen LogP contribution is -2.46. The number of nitrogens with one attached hydrogen (secondary N) is 1. The molecule has 0 aromatic carbocycles. The summed E-state index contributed by atoms with van der Waals surface area (Å²) in [5, 5.41) is 8.49. The van der Waals surface area contributed by atoms with E-state index in [2.05, 4.69) is 21.7 Å². The van der Waals surface area contributed by atoms with Crippen molar-refractivity contribution in [3.8, 4) is 0 Å². The van der Waals surface area contributed by atoms with Gasteiger partial charge in [-0.25, -0.2) is 4.98 Å². The minimum absolute atomic E-state index is 0.124. The highest BCUT2D eigenvalue weighted by atomic mass is 32.1. The third-order valence-corrected chi connectivity index (χ3v) is 4.37. The molecule has 5 nitrogen and oxygen atoms in total. The first-order chi connectivity index (χ1) is 8.11. The van der Waals surface area contributed by atoms with Crippen LogP contribution in [-0.2, 0) is 0 Å². The van der Waals surface area contributed by atoms with Gasteiger partial charge in [-0.1, -0.05) is 18.3 Å². The molecule has 0 saturated carbocycles. The highest BCUT2D eigenvalue weighted by Crippen LogP contribution is 2.26. The van der Waals surface area contributed by atoms with Crippen molar-refractivity contribution < 1.29 is 0 Å². The highest BCUT2D eigenvalue weighted by molar-refractivity contribution is 7.17. The molecule has 1 aromatic rings. The largest absolute Gasteiger partial charge is 0.383 e. The van der Waals surface area contributed by atoms with E-state index in [1.807, 2.05) is 6.92 Å². The lowest BCUT2D eigenvalue weighted by Gasteiger charge is -2.33. The van der Waals surface area contributed by atoms with E-state index in [9.17, 15) is 0 Å². The molecule has 0 radical (unpaired) electrons. The van der Waals surface area contributed by atoms with Crippen molar-refractivity contribution in [1.29, 1.82) is 5.41 Å². The van der Waals surface area contributed by atoms with Crippen molar-refractivity contribution in [1.82, 2.24) is 9.88 Å². The quantitative estimate of drug-likeness (QED) is 0.620. The van der Waals surface area contributed by atoms with Gasteiger partial charge in [-0.15, -0.1) is 0 Å². The van der Waals surface area contributed by atoms with E-state index in [0.29, 0.717) is 0 Å². The number of thiazole rings is 1. The van der Waals surface area contributed by atoms with Crippen LogP contribution >= 0.6 is 11.3 Å². The van der Waals surface area contributed by atoms with Crippen LogP contribution in [0.15, 0.2) is 0 Å². The summed E-state index contributed by atoms with van der Waals surface area (Å²) >= 11 is 1.53. The summed E-state index contributed by atoms with van der Waals surface area (Å²) in [6, 6.07) is 0. The standard InChI is InChI=1S/C11H19N5S/c1-3-15-4-6-16(7-5-15)11-14-8(2)9(17-11)10(12)13/h3-7H2,1-2H3,(H3,12,13). The van der Waals surface area contributed by atoms with E-state index >= 15 is 0 Å². The number of aryl methyl sites for hydroxylation is 1. The van der Waals surface area contributed by atoms with Crippen molar-refractivity contribution in [3.63, 3.8) is 0 Å². The molecule has 1 saturated heterocycles. The fraction of sp³-hybridized carbons (Fsp3) is 0.636. The number of hydrogen-bond acceptors (Lipinski definition) is 5. The summed E-state index contributed by atoms with van der Waals surface area (Å²) in [5.74, 6) is 0.124. The van der Waals surface area contributed by atoms with Crippen molar-refractivity contribution in [2.75, 3.05) is 37.6 Å². The fourth-order valence-electron chi connectivity index (χ4n) is 2.02. The number of piperazine rings is 1. The molecule has 3 N–H and O–H groups in total. The molecule has 0 bridgehead atoms. The van der Waals surface area contributed by atoms with Gasteiger partial charge in [0, 0.05) is 26.2 Å². The second-order valence-corrected chi connectivity index (χ2v) is 5.22. The van der Waals surface area contributed by atoms with E-state index < -0.39 is 0 Å². The zero-order valence-electron chi connectivity index (χ0n) is 10.4. The first-order valence-electron chi connectivity index (χ1n) is 5.91. The summed E-state index contributed by atoms with van der Waals surface area (Å²) in [6.07, 6.45) is 0. The summed E-state index contributed by atoms with van der Waals surface area (Å²) in [7, 11) is 0. The van der Waals surface area contributed by atoms with Crippen molar-refractivity contribution in [2.24, 2.45) is 5.73 Å². The van der Waals surface area contributed by atoms with Gasteiger partial charge in [0.15, 0.2) is 5.13 Å². The Balaban J connectivity index is 2.08. The van der Waals surface area contributed by atoms with Crippen molar-refractivity contribution in [2.45, 2.75) is 13.8 Å². The van der Waals surface area contributed by atoms with Crippen molar-refractivity contribution in [3.05, 3.63) is 10.6 Å². The monoisotopic (exact) mass is 253 g/mol. The number of nitrogen functional groups attached to an aromatic ring is 1. The average Bonchev–Trinajstić information content (AvgIpc) is 2.71. The SMILES string of the molecule is CCN1CCN(c2nc(C)c(C(=N)N)s2)CC1. The molecule has 0 aliphatic carbocycles. The molecule has 0 unspecified atom stereocenters. The maximum absolute atomic E-state index is 7.49. The second kappa shape index (κ2) is 5.01. The summed E-state index contributed by atoms with van der Waals surface area (Å²) in [6.45, 7) is 9.42. The molecule has 0 spiro atoms. The molecule has 6 heteroatoms. The summed E-state index contributed by atoms with van der Waals surface area (Å²) < 4.78 is 0. The third-order valence-electron chi connectivity index (χ3n) is 3.12. The molecular formula is C11H19N5S. The molecular weight excluding hydrogens is 234 g/mol. The predicted molar refractivity (Wildman–Crippen MR) is 72.2 cm³/mol. The van der Waals surface area contributed by atoms with Crippen molar-refractivity contribution >= 4 is 22.3 Å². The van der Waals surface area contributed by atoms with Crippen LogP contribution in [0.2, 0.25) is 0 Å². The number of amidine groups is 1. The van der Waals surface area contributed by atoms with E-state index in [4.69, 9.17) is 11.1 Å². The normalized spacial score (nSPS) is 17.4. The molecule has 0 amide bonds. The fourth-order valence-corrected chi connectivity index (χ4v) is 3.00. The van der Waals surface area contributed by atoms with Crippen LogP contribution in [0.3, 0.4) is 0 Å². The molecule has 1 aromatic heterocycles. The predicted octanol–water partition coefficient (Wildman–Crippen LogP) is 0.877. The van der Waals surface area contributed by atoms with Gasteiger partial charge in [0.1, 0.15) is 5.84 Å². The van der Waals surface area contributed by atoms with Gasteiger partial charge in [-0.05, 0) is 13.5 Å². The number of hydrogen-bond donors (Lipinski definition) is 2. The zero-order chi connectivity index (χ0) is 12.4. The maximum atomic E-state index is 7.49. The molecule has 94 valence electrons. The number of likely N-dealkylation sites (N-methyl/N-ethyl adjacent to an activating group) is 1. The second-order valence-electron chi connectivity index (χ2n) is 4.25. The van der Waals surface area contributed by atoms with Crippen LogP contribution < -0.4 is 10.6 Å². The Morgan fingerprint density at radius 3 is 2.53 bits per heavy atom. The summed E-state index contributed by atoms with van der Waals surface area (Å²) in [4.78, 5) is 10.0.